The van der Waals surface area contributed by atoms with Gasteiger partial charge in [0.25, 0.3) is 0 Å². The van der Waals surface area contributed by atoms with Gasteiger partial charge in [-0.25, -0.2) is 4.39 Å². The molecule has 1 amide bonds. The van der Waals surface area contributed by atoms with E-state index in [9.17, 15) is 9.18 Å². The minimum absolute atomic E-state index is 0. The van der Waals surface area contributed by atoms with Gasteiger partial charge in [-0.1, -0.05) is 6.07 Å². The van der Waals surface area contributed by atoms with E-state index in [0.717, 1.165) is 18.0 Å². The van der Waals surface area contributed by atoms with Crippen LogP contribution in [-0.2, 0) is 4.79 Å². The highest BCUT2D eigenvalue weighted by Gasteiger charge is 2.20. The van der Waals surface area contributed by atoms with E-state index in [1.165, 1.54) is 18.9 Å². The van der Waals surface area contributed by atoms with Crippen LogP contribution in [-0.4, -0.2) is 19.0 Å². The summed E-state index contributed by atoms with van der Waals surface area (Å²) >= 11 is 0. The molecule has 3 nitrogen and oxygen atoms in total. The first kappa shape index (κ1) is 14.9. The van der Waals surface area contributed by atoms with E-state index >= 15 is 0 Å². The lowest BCUT2D eigenvalue weighted by Crippen LogP contribution is -2.29. The van der Waals surface area contributed by atoms with Crippen LogP contribution >= 0.6 is 12.4 Å². The number of carbonyl (C=O) groups is 1. The zero-order chi connectivity index (χ0) is 12.3. The van der Waals surface area contributed by atoms with Gasteiger partial charge in [-0.3, -0.25) is 4.79 Å². The van der Waals surface area contributed by atoms with E-state index in [0.29, 0.717) is 0 Å². The van der Waals surface area contributed by atoms with E-state index in [-0.39, 0.29) is 30.5 Å². The van der Waals surface area contributed by atoms with Crippen molar-refractivity contribution in [3.05, 3.63) is 29.6 Å². The predicted molar refractivity (Wildman–Crippen MR) is 72.6 cm³/mol. The Balaban J connectivity index is 0.00000162. The smallest absolute Gasteiger partial charge is 0.238 e. The number of rotatable bonds is 5. The molecule has 0 spiro atoms. The Morgan fingerprint density at radius 3 is 2.83 bits per heavy atom. The summed E-state index contributed by atoms with van der Waals surface area (Å²) in [5.74, 6) is 0.139. The van der Waals surface area contributed by atoms with Gasteiger partial charge in [0.2, 0.25) is 5.91 Å². The van der Waals surface area contributed by atoms with Crippen molar-refractivity contribution in [1.29, 1.82) is 0 Å². The molecule has 2 N–H and O–H groups in total. The van der Waals surface area contributed by atoms with Crippen LogP contribution in [0.5, 0.6) is 0 Å². The second kappa shape index (κ2) is 6.71. The molecule has 18 heavy (non-hydrogen) atoms. The predicted octanol–water partition coefficient (Wildman–Crippen LogP) is 2.49. The summed E-state index contributed by atoms with van der Waals surface area (Å²) in [7, 11) is 0. The van der Waals surface area contributed by atoms with Crippen molar-refractivity contribution >= 4 is 24.0 Å². The van der Waals surface area contributed by atoms with Crippen molar-refractivity contribution in [3.63, 3.8) is 0 Å². The molecule has 5 heteroatoms. The van der Waals surface area contributed by atoms with E-state index in [1.807, 2.05) is 6.92 Å². The van der Waals surface area contributed by atoms with Crippen LogP contribution in [0.2, 0.25) is 0 Å². The quantitative estimate of drug-likeness (QED) is 0.865. The normalized spacial score (nSPS) is 13.9. The van der Waals surface area contributed by atoms with Crippen LogP contribution in [0, 0.1) is 18.7 Å². The fourth-order valence-corrected chi connectivity index (χ4v) is 1.64. The molecule has 1 saturated carbocycles. The minimum atomic E-state index is -0.397. The van der Waals surface area contributed by atoms with Crippen LogP contribution in [0.25, 0.3) is 0 Å². The highest BCUT2D eigenvalue weighted by molar-refractivity contribution is 5.92. The first-order chi connectivity index (χ1) is 8.15. The molecule has 1 aromatic carbocycles. The maximum atomic E-state index is 13.4. The molecule has 1 aliphatic rings. The van der Waals surface area contributed by atoms with Crippen molar-refractivity contribution in [1.82, 2.24) is 5.32 Å². The second-order valence-electron chi connectivity index (χ2n) is 4.61. The van der Waals surface area contributed by atoms with Gasteiger partial charge in [0.15, 0.2) is 0 Å². The number of aryl methyl sites for hydroxylation is 1. The van der Waals surface area contributed by atoms with Gasteiger partial charge in [0.05, 0.1) is 12.2 Å². The number of hydrogen-bond donors (Lipinski definition) is 2. The third-order valence-corrected chi connectivity index (χ3v) is 2.81. The molecule has 1 fully saturated rings. The molecule has 0 aromatic heterocycles. The average molecular weight is 273 g/mol. The lowest BCUT2D eigenvalue weighted by atomic mass is 10.2. The number of benzene rings is 1. The third-order valence-electron chi connectivity index (χ3n) is 2.81. The molecule has 0 bridgehead atoms. The van der Waals surface area contributed by atoms with E-state index in [1.54, 1.807) is 12.1 Å². The molecule has 0 radical (unpaired) electrons. The summed E-state index contributed by atoms with van der Waals surface area (Å²) in [6.45, 7) is 2.98. The molecule has 0 saturated heterocycles. The number of amides is 1. The number of nitrogens with one attached hydrogen (secondary N) is 2. The Morgan fingerprint density at radius 2 is 2.17 bits per heavy atom. The molecule has 0 atom stereocenters. The van der Waals surface area contributed by atoms with Crippen LogP contribution in [0.3, 0.4) is 0 Å². The number of carbonyl (C=O) groups excluding carboxylic acids is 1. The summed E-state index contributed by atoms with van der Waals surface area (Å²) in [5, 5.41) is 5.64. The monoisotopic (exact) mass is 272 g/mol. The van der Waals surface area contributed by atoms with Gasteiger partial charge in [-0.2, -0.15) is 0 Å². The molecular weight excluding hydrogens is 255 g/mol. The molecule has 2 rings (SSSR count). The standard InChI is InChI=1S/C13H17FN2O.ClH/c1-9-2-5-11(14)12(6-9)16-13(17)8-15-7-10-3-4-10;/h2,5-6,10,15H,3-4,7-8H2,1H3,(H,16,17);1H. The lowest BCUT2D eigenvalue weighted by Gasteiger charge is -2.08. The Morgan fingerprint density at radius 1 is 1.44 bits per heavy atom. The lowest BCUT2D eigenvalue weighted by molar-refractivity contribution is -0.115. The van der Waals surface area contributed by atoms with Crippen molar-refractivity contribution in [2.24, 2.45) is 5.92 Å². The summed E-state index contributed by atoms with van der Waals surface area (Å²) in [4.78, 5) is 11.5. The van der Waals surface area contributed by atoms with Gasteiger partial charge >= 0.3 is 0 Å². The molecule has 1 aromatic rings. The van der Waals surface area contributed by atoms with Gasteiger partial charge in [-0.15, -0.1) is 12.4 Å². The van der Waals surface area contributed by atoms with Crippen LogP contribution < -0.4 is 10.6 Å². The Hall–Kier alpha value is -1.13. The van der Waals surface area contributed by atoms with Crippen molar-refractivity contribution in [2.45, 2.75) is 19.8 Å². The first-order valence-electron chi connectivity index (χ1n) is 5.92. The van der Waals surface area contributed by atoms with Gasteiger partial charge in [0, 0.05) is 0 Å². The maximum absolute atomic E-state index is 13.4. The molecular formula is C13H18ClFN2O. The SMILES string of the molecule is Cc1ccc(F)c(NC(=O)CNCC2CC2)c1.Cl. The molecule has 0 heterocycles. The van der Waals surface area contributed by atoms with Gasteiger partial charge in [0.1, 0.15) is 5.82 Å². The summed E-state index contributed by atoms with van der Waals surface area (Å²) in [6.07, 6.45) is 2.50. The van der Waals surface area contributed by atoms with E-state index in [4.69, 9.17) is 0 Å². The van der Waals surface area contributed by atoms with Crippen LogP contribution in [0.15, 0.2) is 18.2 Å². The Labute approximate surface area is 113 Å². The highest BCUT2D eigenvalue weighted by atomic mass is 35.5. The summed E-state index contributed by atoms with van der Waals surface area (Å²) in [5.41, 5.74) is 1.18. The van der Waals surface area contributed by atoms with Gasteiger partial charge < -0.3 is 10.6 Å². The topological polar surface area (TPSA) is 41.1 Å². The summed E-state index contributed by atoms with van der Waals surface area (Å²) in [6, 6.07) is 4.67. The highest BCUT2D eigenvalue weighted by Crippen LogP contribution is 2.27. The maximum Gasteiger partial charge on any atom is 0.238 e. The third kappa shape index (κ3) is 4.63. The number of anilines is 1. The minimum Gasteiger partial charge on any atom is -0.322 e. The van der Waals surface area contributed by atoms with Crippen molar-refractivity contribution in [3.8, 4) is 0 Å². The fraction of sp³-hybridized carbons (Fsp3) is 0.462. The summed E-state index contributed by atoms with van der Waals surface area (Å²) < 4.78 is 13.4. The van der Waals surface area contributed by atoms with Crippen molar-refractivity contribution in [2.75, 3.05) is 18.4 Å². The van der Waals surface area contributed by atoms with E-state index in [2.05, 4.69) is 10.6 Å². The largest absolute Gasteiger partial charge is 0.322 e. The average Bonchev–Trinajstić information content (AvgIpc) is 3.07. The molecule has 100 valence electrons. The number of halogens is 2. The zero-order valence-corrected chi connectivity index (χ0v) is 11.1. The second-order valence-corrected chi connectivity index (χ2v) is 4.61. The van der Waals surface area contributed by atoms with E-state index < -0.39 is 5.82 Å². The van der Waals surface area contributed by atoms with Crippen molar-refractivity contribution < 1.29 is 9.18 Å². The van der Waals surface area contributed by atoms with Crippen LogP contribution in [0.4, 0.5) is 10.1 Å². The van der Waals surface area contributed by atoms with Crippen LogP contribution in [0.1, 0.15) is 18.4 Å². The Kier molecular flexibility index (Phi) is 5.56. The first-order valence-corrected chi connectivity index (χ1v) is 5.92. The molecule has 0 unspecified atom stereocenters. The van der Waals surface area contributed by atoms with Gasteiger partial charge in [-0.05, 0) is 49.9 Å². The zero-order valence-electron chi connectivity index (χ0n) is 10.3. The Bertz CT molecular complexity index is 421. The number of hydrogen-bond acceptors (Lipinski definition) is 2. The molecule has 1 aliphatic carbocycles. The molecule has 0 aliphatic heterocycles. The fourth-order valence-electron chi connectivity index (χ4n) is 1.64.